The van der Waals surface area contributed by atoms with Gasteiger partial charge in [0.1, 0.15) is 11.9 Å². The lowest BCUT2D eigenvalue weighted by molar-refractivity contribution is -0.153. The number of carbonyl (C=O) groups excluding carboxylic acids is 1. The molecule has 0 bridgehead atoms. The van der Waals surface area contributed by atoms with Crippen LogP contribution in [0.15, 0.2) is 29.2 Å². The predicted molar refractivity (Wildman–Crippen MR) is 78.7 cm³/mol. The van der Waals surface area contributed by atoms with Crippen LogP contribution < -0.4 is 0 Å². The Balaban J connectivity index is 1.98. The Hall–Kier alpha value is -1.56. The normalized spacial score (nSPS) is 22.1. The number of rotatable bonds is 4. The summed E-state index contributed by atoms with van der Waals surface area (Å²) in [6.07, 6.45) is 1.66. The Bertz CT molecular complexity index is 520. The second kappa shape index (κ2) is 6.93. The standard InChI is InChI=1S/C15H18FNO3S/c1-10-3-2-8-17(14(10)15(19)20)13(18)9-21-12-6-4-11(16)5-7-12/h4-7,10,14H,2-3,8-9H2,1H3,(H,19,20). The van der Waals surface area contributed by atoms with Crippen LogP contribution in [0.3, 0.4) is 0 Å². The SMILES string of the molecule is CC1CCCN(C(=O)CSc2ccc(F)cc2)C1C(=O)O. The quantitative estimate of drug-likeness (QED) is 0.869. The van der Waals surface area contributed by atoms with E-state index in [2.05, 4.69) is 0 Å². The van der Waals surface area contributed by atoms with Crippen molar-refractivity contribution < 1.29 is 19.1 Å². The maximum Gasteiger partial charge on any atom is 0.326 e. The maximum atomic E-state index is 12.8. The lowest BCUT2D eigenvalue weighted by Gasteiger charge is -2.37. The molecular formula is C15H18FNO3S. The molecule has 0 radical (unpaired) electrons. The van der Waals surface area contributed by atoms with Crippen LogP contribution >= 0.6 is 11.8 Å². The molecule has 1 heterocycles. The first-order valence-corrected chi connectivity index (χ1v) is 7.88. The van der Waals surface area contributed by atoms with E-state index >= 15 is 0 Å². The molecule has 1 saturated heterocycles. The van der Waals surface area contributed by atoms with Gasteiger partial charge in [-0.1, -0.05) is 6.92 Å². The molecule has 1 amide bonds. The van der Waals surface area contributed by atoms with Gasteiger partial charge in [-0.25, -0.2) is 9.18 Å². The number of amides is 1. The first kappa shape index (κ1) is 15.8. The van der Waals surface area contributed by atoms with E-state index in [1.54, 1.807) is 12.1 Å². The highest BCUT2D eigenvalue weighted by molar-refractivity contribution is 8.00. The molecule has 0 spiro atoms. The molecule has 1 aliphatic rings. The first-order valence-electron chi connectivity index (χ1n) is 6.89. The molecule has 1 N–H and O–H groups in total. The molecule has 2 unspecified atom stereocenters. The van der Waals surface area contributed by atoms with Gasteiger partial charge in [-0.3, -0.25) is 4.79 Å². The topological polar surface area (TPSA) is 57.6 Å². The fourth-order valence-electron chi connectivity index (χ4n) is 2.60. The highest BCUT2D eigenvalue weighted by Gasteiger charge is 2.36. The third-order valence-electron chi connectivity index (χ3n) is 3.68. The summed E-state index contributed by atoms with van der Waals surface area (Å²) in [4.78, 5) is 25.9. The van der Waals surface area contributed by atoms with Crippen LogP contribution in [0.5, 0.6) is 0 Å². The van der Waals surface area contributed by atoms with Gasteiger partial charge in [-0.15, -0.1) is 11.8 Å². The molecule has 1 aromatic rings. The van der Waals surface area contributed by atoms with Crippen LogP contribution in [-0.2, 0) is 9.59 Å². The average molecular weight is 311 g/mol. The number of halogens is 1. The zero-order chi connectivity index (χ0) is 15.4. The van der Waals surface area contributed by atoms with Crippen LogP contribution in [0.4, 0.5) is 4.39 Å². The van der Waals surface area contributed by atoms with Crippen molar-refractivity contribution in [1.29, 1.82) is 0 Å². The third kappa shape index (κ3) is 3.97. The monoisotopic (exact) mass is 311 g/mol. The van der Waals surface area contributed by atoms with Crippen molar-refractivity contribution in [2.75, 3.05) is 12.3 Å². The Kier molecular flexibility index (Phi) is 5.22. The summed E-state index contributed by atoms with van der Waals surface area (Å²) in [7, 11) is 0. The Morgan fingerprint density at radius 3 is 2.67 bits per heavy atom. The molecule has 2 atom stereocenters. The smallest absolute Gasteiger partial charge is 0.326 e. The van der Waals surface area contributed by atoms with E-state index < -0.39 is 12.0 Å². The highest BCUT2D eigenvalue weighted by atomic mass is 32.2. The van der Waals surface area contributed by atoms with E-state index in [9.17, 15) is 19.1 Å². The van der Waals surface area contributed by atoms with Crippen molar-refractivity contribution in [2.45, 2.75) is 30.7 Å². The summed E-state index contributed by atoms with van der Waals surface area (Å²) in [6.45, 7) is 2.36. The van der Waals surface area contributed by atoms with Gasteiger partial charge in [0.2, 0.25) is 5.91 Å². The average Bonchev–Trinajstić information content (AvgIpc) is 2.45. The molecule has 0 saturated carbocycles. The van der Waals surface area contributed by atoms with Crippen molar-refractivity contribution in [3.05, 3.63) is 30.1 Å². The van der Waals surface area contributed by atoms with Gasteiger partial charge in [0.05, 0.1) is 5.75 Å². The van der Waals surface area contributed by atoms with E-state index in [0.29, 0.717) is 6.54 Å². The molecule has 4 nitrogen and oxygen atoms in total. The van der Waals surface area contributed by atoms with Gasteiger partial charge in [-0.05, 0) is 43.0 Å². The molecule has 114 valence electrons. The van der Waals surface area contributed by atoms with Gasteiger partial charge in [0.15, 0.2) is 0 Å². The number of hydrogen-bond acceptors (Lipinski definition) is 3. The molecule has 6 heteroatoms. The lowest BCUT2D eigenvalue weighted by Crippen LogP contribution is -2.52. The van der Waals surface area contributed by atoms with Crippen molar-refractivity contribution in [2.24, 2.45) is 5.92 Å². The molecule has 21 heavy (non-hydrogen) atoms. The van der Waals surface area contributed by atoms with Gasteiger partial charge in [0, 0.05) is 11.4 Å². The Labute approximate surface area is 127 Å². The van der Waals surface area contributed by atoms with Gasteiger partial charge in [0.25, 0.3) is 0 Å². The molecule has 1 aromatic carbocycles. The van der Waals surface area contributed by atoms with Crippen molar-refractivity contribution in [3.63, 3.8) is 0 Å². The number of nitrogens with zero attached hydrogens (tertiary/aromatic N) is 1. The van der Waals surface area contributed by atoms with Crippen LogP contribution in [0.25, 0.3) is 0 Å². The zero-order valence-electron chi connectivity index (χ0n) is 11.8. The molecule has 2 rings (SSSR count). The molecule has 0 aromatic heterocycles. The van der Waals surface area contributed by atoms with E-state index in [4.69, 9.17) is 0 Å². The summed E-state index contributed by atoms with van der Waals surface area (Å²) in [5.41, 5.74) is 0. The molecule has 0 aliphatic carbocycles. The molecular weight excluding hydrogens is 293 g/mol. The third-order valence-corrected chi connectivity index (χ3v) is 4.68. The fraction of sp³-hybridized carbons (Fsp3) is 0.467. The minimum atomic E-state index is -0.942. The second-order valence-corrected chi connectivity index (χ2v) is 6.28. The number of carboxylic acid groups (broad SMARTS) is 1. The minimum absolute atomic E-state index is 0.0315. The number of benzene rings is 1. The molecule has 1 aliphatic heterocycles. The maximum absolute atomic E-state index is 12.8. The van der Waals surface area contributed by atoms with E-state index in [0.717, 1.165) is 17.7 Å². The van der Waals surface area contributed by atoms with Crippen LogP contribution in [0.1, 0.15) is 19.8 Å². The summed E-state index contributed by atoms with van der Waals surface area (Å²) in [5, 5.41) is 9.30. The molecule has 1 fully saturated rings. The summed E-state index contributed by atoms with van der Waals surface area (Å²) < 4.78 is 12.8. The van der Waals surface area contributed by atoms with Gasteiger partial charge < -0.3 is 10.0 Å². The zero-order valence-corrected chi connectivity index (χ0v) is 12.6. The van der Waals surface area contributed by atoms with Crippen LogP contribution in [0.2, 0.25) is 0 Å². The second-order valence-electron chi connectivity index (χ2n) is 5.23. The predicted octanol–water partition coefficient (Wildman–Crippen LogP) is 2.63. The Morgan fingerprint density at radius 2 is 2.05 bits per heavy atom. The fourth-order valence-corrected chi connectivity index (χ4v) is 3.39. The number of hydrogen-bond donors (Lipinski definition) is 1. The number of thioether (sulfide) groups is 1. The summed E-state index contributed by atoms with van der Waals surface area (Å²) in [6, 6.07) is 5.17. The number of carbonyl (C=O) groups is 2. The summed E-state index contributed by atoms with van der Waals surface area (Å²) in [5.74, 6) is -1.30. The van der Waals surface area contributed by atoms with Crippen molar-refractivity contribution in [3.8, 4) is 0 Å². The van der Waals surface area contributed by atoms with Gasteiger partial charge in [-0.2, -0.15) is 0 Å². The number of likely N-dealkylation sites (tertiary alicyclic amines) is 1. The van der Waals surface area contributed by atoms with Crippen LogP contribution in [0, 0.1) is 11.7 Å². The van der Waals surface area contributed by atoms with Crippen molar-refractivity contribution in [1.82, 2.24) is 4.90 Å². The first-order chi connectivity index (χ1) is 9.99. The van der Waals surface area contributed by atoms with E-state index in [-0.39, 0.29) is 23.4 Å². The van der Waals surface area contributed by atoms with Crippen molar-refractivity contribution >= 4 is 23.6 Å². The van der Waals surface area contributed by atoms with Crippen LogP contribution in [-0.4, -0.2) is 40.2 Å². The van der Waals surface area contributed by atoms with E-state index in [1.807, 2.05) is 6.92 Å². The van der Waals surface area contributed by atoms with E-state index in [1.165, 1.54) is 28.8 Å². The summed E-state index contributed by atoms with van der Waals surface area (Å²) >= 11 is 1.30. The highest BCUT2D eigenvalue weighted by Crippen LogP contribution is 2.25. The largest absolute Gasteiger partial charge is 0.480 e. The Morgan fingerprint density at radius 1 is 1.38 bits per heavy atom. The number of aliphatic carboxylic acids is 1. The number of piperidine rings is 1. The van der Waals surface area contributed by atoms with Gasteiger partial charge >= 0.3 is 5.97 Å². The lowest BCUT2D eigenvalue weighted by atomic mass is 9.91. The minimum Gasteiger partial charge on any atom is -0.480 e. The number of carboxylic acids is 1.